The first-order chi connectivity index (χ1) is 7.51. The van der Waals surface area contributed by atoms with Crippen molar-refractivity contribution in [1.29, 1.82) is 0 Å². The molecule has 1 unspecified atom stereocenters. The van der Waals surface area contributed by atoms with Gasteiger partial charge in [0.25, 0.3) is 0 Å². The van der Waals surface area contributed by atoms with E-state index < -0.39 is 0 Å². The van der Waals surface area contributed by atoms with E-state index in [1.165, 1.54) is 5.56 Å². The maximum atomic E-state index is 5.49. The second-order valence-corrected chi connectivity index (χ2v) is 5.33. The highest BCUT2D eigenvalue weighted by atomic mass is 16.5. The number of hydrogen-bond acceptors (Lipinski definition) is 2. The van der Waals surface area contributed by atoms with Gasteiger partial charge in [0, 0.05) is 16.5 Å². The minimum Gasteiger partial charge on any atom is -0.496 e. The zero-order valence-electron chi connectivity index (χ0n) is 10.6. The van der Waals surface area contributed by atoms with E-state index in [1.807, 2.05) is 6.07 Å². The Kier molecular flexibility index (Phi) is 2.70. The molecule has 1 aromatic rings. The molecular formula is C14H21NO. The largest absolute Gasteiger partial charge is 0.496 e. The summed E-state index contributed by atoms with van der Waals surface area (Å²) in [6, 6.07) is 8.36. The molecule has 2 nitrogen and oxygen atoms in total. The van der Waals surface area contributed by atoms with Crippen LogP contribution in [0.2, 0.25) is 0 Å². The highest BCUT2D eigenvalue weighted by molar-refractivity contribution is 5.42. The summed E-state index contributed by atoms with van der Waals surface area (Å²) in [6.07, 6.45) is 1.15. The molecule has 1 atom stereocenters. The lowest BCUT2D eigenvalue weighted by Crippen LogP contribution is -2.47. The van der Waals surface area contributed by atoms with Crippen LogP contribution < -0.4 is 10.1 Å². The normalized spacial score (nSPS) is 28.0. The van der Waals surface area contributed by atoms with Crippen molar-refractivity contribution in [3.05, 3.63) is 29.8 Å². The van der Waals surface area contributed by atoms with Crippen molar-refractivity contribution >= 4 is 0 Å². The van der Waals surface area contributed by atoms with Crippen LogP contribution in [0.4, 0.5) is 0 Å². The molecule has 2 heteroatoms. The van der Waals surface area contributed by atoms with Crippen LogP contribution in [0.15, 0.2) is 24.3 Å². The van der Waals surface area contributed by atoms with Gasteiger partial charge in [-0.25, -0.2) is 0 Å². The Morgan fingerprint density at radius 1 is 1.19 bits per heavy atom. The predicted molar refractivity (Wildman–Crippen MR) is 67.0 cm³/mol. The number of para-hydroxylation sites is 1. The molecule has 16 heavy (non-hydrogen) atoms. The van der Waals surface area contributed by atoms with Gasteiger partial charge < -0.3 is 10.1 Å². The number of hydrogen-bond donors (Lipinski definition) is 1. The van der Waals surface area contributed by atoms with E-state index in [0.717, 1.165) is 18.7 Å². The average molecular weight is 219 g/mol. The third-order valence-corrected chi connectivity index (χ3v) is 4.27. The Morgan fingerprint density at radius 2 is 1.88 bits per heavy atom. The number of methoxy groups -OCH3 is 1. The van der Waals surface area contributed by atoms with Gasteiger partial charge in [-0.15, -0.1) is 0 Å². The summed E-state index contributed by atoms with van der Waals surface area (Å²) in [6.45, 7) is 7.94. The molecule has 0 aliphatic carbocycles. The summed E-state index contributed by atoms with van der Waals surface area (Å²) in [4.78, 5) is 0. The molecule has 0 spiro atoms. The van der Waals surface area contributed by atoms with Gasteiger partial charge in [-0.3, -0.25) is 0 Å². The quantitative estimate of drug-likeness (QED) is 0.825. The Morgan fingerprint density at radius 3 is 2.44 bits per heavy atom. The van der Waals surface area contributed by atoms with Gasteiger partial charge >= 0.3 is 0 Å². The van der Waals surface area contributed by atoms with Crippen LogP contribution in [-0.2, 0) is 5.41 Å². The third-order valence-electron chi connectivity index (χ3n) is 4.27. The van der Waals surface area contributed by atoms with Gasteiger partial charge in [0.15, 0.2) is 0 Å². The number of benzene rings is 1. The van der Waals surface area contributed by atoms with E-state index in [9.17, 15) is 0 Å². The molecule has 0 amide bonds. The number of ether oxygens (including phenoxy) is 1. The molecule has 0 radical (unpaired) electrons. The molecule has 88 valence electrons. The summed E-state index contributed by atoms with van der Waals surface area (Å²) in [7, 11) is 1.75. The second-order valence-electron chi connectivity index (χ2n) is 5.33. The first-order valence-electron chi connectivity index (χ1n) is 5.90. The average Bonchev–Trinajstić information content (AvgIpc) is 2.54. The maximum Gasteiger partial charge on any atom is 0.122 e. The van der Waals surface area contributed by atoms with E-state index in [4.69, 9.17) is 4.74 Å². The van der Waals surface area contributed by atoms with Gasteiger partial charge in [0.05, 0.1) is 7.11 Å². The van der Waals surface area contributed by atoms with Gasteiger partial charge in [0.2, 0.25) is 0 Å². The topological polar surface area (TPSA) is 21.3 Å². The zero-order valence-corrected chi connectivity index (χ0v) is 10.6. The molecule has 1 fully saturated rings. The molecular weight excluding hydrogens is 198 g/mol. The Labute approximate surface area is 98.0 Å². The fraction of sp³-hybridized carbons (Fsp3) is 0.571. The third kappa shape index (κ3) is 1.52. The van der Waals surface area contributed by atoms with E-state index >= 15 is 0 Å². The van der Waals surface area contributed by atoms with Crippen LogP contribution in [0.3, 0.4) is 0 Å². The van der Waals surface area contributed by atoms with Crippen LogP contribution in [0, 0.1) is 0 Å². The van der Waals surface area contributed by atoms with Gasteiger partial charge in [0.1, 0.15) is 5.75 Å². The molecule has 1 saturated heterocycles. The van der Waals surface area contributed by atoms with Gasteiger partial charge in [-0.2, -0.15) is 0 Å². The lowest BCUT2D eigenvalue weighted by atomic mass is 9.69. The smallest absolute Gasteiger partial charge is 0.122 e. The monoisotopic (exact) mass is 219 g/mol. The summed E-state index contributed by atoms with van der Waals surface area (Å²) in [5, 5.41) is 3.58. The van der Waals surface area contributed by atoms with E-state index in [1.54, 1.807) is 7.11 Å². The van der Waals surface area contributed by atoms with Crippen molar-refractivity contribution in [2.75, 3.05) is 13.7 Å². The van der Waals surface area contributed by atoms with E-state index in [2.05, 4.69) is 44.3 Å². The SMILES string of the molecule is COc1ccccc1C1(C)CCNC1(C)C. The van der Waals surface area contributed by atoms with Crippen molar-refractivity contribution in [3.63, 3.8) is 0 Å². The van der Waals surface area contributed by atoms with E-state index in [0.29, 0.717) is 0 Å². The highest BCUT2D eigenvalue weighted by Gasteiger charge is 2.47. The van der Waals surface area contributed by atoms with Gasteiger partial charge in [-0.1, -0.05) is 25.1 Å². The minimum atomic E-state index is 0.113. The fourth-order valence-corrected chi connectivity index (χ4v) is 2.70. The number of nitrogens with one attached hydrogen (secondary N) is 1. The first kappa shape index (κ1) is 11.5. The van der Waals surface area contributed by atoms with Crippen LogP contribution in [-0.4, -0.2) is 19.2 Å². The lowest BCUT2D eigenvalue weighted by molar-refractivity contribution is 0.285. The summed E-state index contributed by atoms with van der Waals surface area (Å²) < 4.78 is 5.49. The van der Waals surface area contributed by atoms with Crippen molar-refractivity contribution in [1.82, 2.24) is 5.32 Å². The molecule has 0 bridgehead atoms. The molecule has 1 heterocycles. The van der Waals surface area contributed by atoms with Crippen molar-refractivity contribution < 1.29 is 4.74 Å². The first-order valence-corrected chi connectivity index (χ1v) is 5.90. The zero-order chi connectivity index (χ0) is 11.8. The van der Waals surface area contributed by atoms with Crippen molar-refractivity contribution in [3.8, 4) is 5.75 Å². The Hall–Kier alpha value is -1.02. The second kappa shape index (κ2) is 3.77. The van der Waals surface area contributed by atoms with Crippen molar-refractivity contribution in [2.45, 2.75) is 38.1 Å². The summed E-state index contributed by atoms with van der Waals surface area (Å²) >= 11 is 0. The summed E-state index contributed by atoms with van der Waals surface area (Å²) in [5.41, 5.74) is 1.56. The van der Waals surface area contributed by atoms with E-state index in [-0.39, 0.29) is 11.0 Å². The molecule has 1 aliphatic rings. The van der Waals surface area contributed by atoms with Crippen LogP contribution >= 0.6 is 0 Å². The molecule has 2 rings (SSSR count). The molecule has 1 N–H and O–H groups in total. The minimum absolute atomic E-state index is 0.113. The van der Waals surface area contributed by atoms with Crippen molar-refractivity contribution in [2.24, 2.45) is 0 Å². The molecule has 0 aromatic heterocycles. The molecule has 0 saturated carbocycles. The maximum absolute atomic E-state index is 5.49. The van der Waals surface area contributed by atoms with Crippen LogP contribution in [0.5, 0.6) is 5.75 Å². The standard InChI is InChI=1S/C14H21NO/c1-13(2)14(3,9-10-15-13)11-7-5-6-8-12(11)16-4/h5-8,15H,9-10H2,1-4H3. The predicted octanol–water partition coefficient (Wildman–Crippen LogP) is 2.72. The van der Waals surface area contributed by atoms with Crippen LogP contribution in [0.1, 0.15) is 32.8 Å². The molecule has 1 aliphatic heterocycles. The van der Waals surface area contributed by atoms with Crippen LogP contribution in [0.25, 0.3) is 0 Å². The fourth-order valence-electron chi connectivity index (χ4n) is 2.70. The van der Waals surface area contributed by atoms with Gasteiger partial charge in [-0.05, 0) is 32.9 Å². The summed E-state index contributed by atoms with van der Waals surface area (Å²) in [5.74, 6) is 1.00. The lowest BCUT2D eigenvalue weighted by Gasteiger charge is -2.39. The number of rotatable bonds is 2. The molecule has 1 aromatic carbocycles. The Bertz CT molecular complexity index is 386. The highest BCUT2D eigenvalue weighted by Crippen LogP contribution is 2.45. The Balaban J connectivity index is 2.50.